The van der Waals surface area contributed by atoms with Crippen LogP contribution in [0.15, 0.2) is 30.3 Å². The zero-order valence-electron chi connectivity index (χ0n) is 11.9. The third-order valence-corrected chi connectivity index (χ3v) is 3.71. The van der Waals surface area contributed by atoms with E-state index in [2.05, 4.69) is 44.3 Å². The van der Waals surface area contributed by atoms with Gasteiger partial charge in [-0.1, -0.05) is 29.3 Å². The van der Waals surface area contributed by atoms with E-state index < -0.39 is 0 Å². The van der Waals surface area contributed by atoms with Crippen molar-refractivity contribution in [2.75, 3.05) is 5.32 Å². The molecule has 0 amide bonds. The highest BCUT2D eigenvalue weighted by molar-refractivity contribution is 6.32. The molecule has 0 aliphatic heterocycles. The Bertz CT molecular complexity index is 661. The van der Waals surface area contributed by atoms with E-state index in [4.69, 9.17) is 16.9 Å². The van der Waals surface area contributed by atoms with Crippen molar-refractivity contribution in [1.82, 2.24) is 0 Å². The van der Waals surface area contributed by atoms with Crippen LogP contribution in [0.2, 0.25) is 5.02 Å². The van der Waals surface area contributed by atoms with Crippen molar-refractivity contribution in [3.05, 3.63) is 63.2 Å². The van der Waals surface area contributed by atoms with Gasteiger partial charge < -0.3 is 5.32 Å². The van der Waals surface area contributed by atoms with Gasteiger partial charge in [0.15, 0.2) is 0 Å². The quantitative estimate of drug-likeness (QED) is 0.883. The van der Waals surface area contributed by atoms with Gasteiger partial charge in [-0.05, 0) is 55.7 Å². The Morgan fingerprint density at radius 2 is 1.75 bits per heavy atom. The van der Waals surface area contributed by atoms with Gasteiger partial charge >= 0.3 is 0 Å². The minimum absolute atomic E-state index is 0.481. The van der Waals surface area contributed by atoms with Crippen molar-refractivity contribution >= 4 is 17.3 Å². The molecule has 0 heterocycles. The van der Waals surface area contributed by atoms with E-state index in [-0.39, 0.29) is 0 Å². The van der Waals surface area contributed by atoms with Gasteiger partial charge in [0.25, 0.3) is 0 Å². The maximum atomic E-state index is 8.86. The van der Waals surface area contributed by atoms with Crippen LogP contribution >= 0.6 is 11.6 Å². The van der Waals surface area contributed by atoms with Crippen LogP contribution in [0.3, 0.4) is 0 Å². The highest BCUT2D eigenvalue weighted by Crippen LogP contribution is 2.22. The van der Waals surface area contributed by atoms with Crippen molar-refractivity contribution in [1.29, 1.82) is 5.26 Å². The highest BCUT2D eigenvalue weighted by Gasteiger charge is 2.05. The summed E-state index contributed by atoms with van der Waals surface area (Å²) in [6, 6.07) is 11.8. The standard InChI is InChI=1S/C17H17ClN2/c1-11-6-12(2)16(13(3)7-11)10-20-15-5-4-14(9-19)17(18)8-15/h4-8,20H,10H2,1-3H3. The van der Waals surface area contributed by atoms with E-state index in [1.807, 2.05) is 6.07 Å². The normalized spacial score (nSPS) is 10.2. The Kier molecular flexibility index (Phi) is 4.32. The molecule has 0 aliphatic rings. The molecule has 102 valence electrons. The fourth-order valence-corrected chi connectivity index (χ4v) is 2.62. The number of rotatable bonds is 3. The molecule has 0 atom stereocenters. The predicted octanol–water partition coefficient (Wildman–Crippen LogP) is 4.75. The lowest BCUT2D eigenvalue weighted by molar-refractivity contribution is 1.08. The highest BCUT2D eigenvalue weighted by atomic mass is 35.5. The van der Waals surface area contributed by atoms with Crippen molar-refractivity contribution in [2.24, 2.45) is 0 Å². The molecule has 2 rings (SSSR count). The Labute approximate surface area is 125 Å². The lowest BCUT2D eigenvalue weighted by Crippen LogP contribution is -2.04. The minimum atomic E-state index is 0.481. The van der Waals surface area contributed by atoms with Gasteiger partial charge in [-0.25, -0.2) is 0 Å². The lowest BCUT2D eigenvalue weighted by atomic mass is 10.00. The minimum Gasteiger partial charge on any atom is -0.381 e. The molecule has 0 aliphatic carbocycles. The topological polar surface area (TPSA) is 35.8 Å². The van der Waals surface area contributed by atoms with Crippen LogP contribution in [0.4, 0.5) is 5.69 Å². The monoisotopic (exact) mass is 284 g/mol. The number of halogens is 1. The summed E-state index contributed by atoms with van der Waals surface area (Å²) >= 11 is 6.03. The zero-order chi connectivity index (χ0) is 14.7. The van der Waals surface area contributed by atoms with Gasteiger partial charge in [0.1, 0.15) is 6.07 Å². The number of nitriles is 1. The summed E-state index contributed by atoms with van der Waals surface area (Å²) in [7, 11) is 0. The molecule has 2 nitrogen and oxygen atoms in total. The first-order chi connectivity index (χ1) is 9.51. The van der Waals surface area contributed by atoms with Crippen molar-refractivity contribution < 1.29 is 0 Å². The Hall–Kier alpha value is -1.98. The Morgan fingerprint density at radius 3 is 2.30 bits per heavy atom. The molecule has 0 aromatic heterocycles. The third-order valence-electron chi connectivity index (χ3n) is 3.40. The summed E-state index contributed by atoms with van der Waals surface area (Å²) in [5.41, 5.74) is 6.58. The van der Waals surface area contributed by atoms with Crippen molar-refractivity contribution in [2.45, 2.75) is 27.3 Å². The van der Waals surface area contributed by atoms with Crippen LogP contribution in [0.5, 0.6) is 0 Å². The summed E-state index contributed by atoms with van der Waals surface area (Å²) in [5.74, 6) is 0. The van der Waals surface area contributed by atoms with Crippen LogP contribution in [0.25, 0.3) is 0 Å². The molecule has 2 aromatic rings. The van der Waals surface area contributed by atoms with Crippen LogP contribution in [-0.2, 0) is 6.54 Å². The number of anilines is 1. The van der Waals surface area contributed by atoms with E-state index in [9.17, 15) is 0 Å². The van der Waals surface area contributed by atoms with Crippen LogP contribution in [0, 0.1) is 32.1 Å². The fraction of sp³-hybridized carbons (Fsp3) is 0.235. The number of nitrogens with zero attached hydrogens (tertiary/aromatic N) is 1. The average Bonchev–Trinajstić information content (AvgIpc) is 2.37. The maximum absolute atomic E-state index is 8.86. The maximum Gasteiger partial charge on any atom is 0.101 e. The number of benzene rings is 2. The summed E-state index contributed by atoms with van der Waals surface area (Å²) in [4.78, 5) is 0. The molecule has 0 spiro atoms. The summed E-state index contributed by atoms with van der Waals surface area (Å²) in [6.07, 6.45) is 0. The van der Waals surface area contributed by atoms with Crippen LogP contribution < -0.4 is 5.32 Å². The van der Waals surface area contributed by atoms with Gasteiger partial charge in [-0.2, -0.15) is 5.26 Å². The second-order valence-electron chi connectivity index (χ2n) is 5.04. The number of aryl methyl sites for hydroxylation is 3. The second-order valence-corrected chi connectivity index (χ2v) is 5.44. The summed E-state index contributed by atoms with van der Waals surface area (Å²) < 4.78 is 0. The smallest absolute Gasteiger partial charge is 0.101 e. The van der Waals surface area contributed by atoms with Crippen molar-refractivity contribution in [3.8, 4) is 6.07 Å². The average molecular weight is 285 g/mol. The molecule has 0 bridgehead atoms. The van der Waals surface area contributed by atoms with Gasteiger partial charge in [-0.15, -0.1) is 0 Å². The first kappa shape index (κ1) is 14.4. The molecule has 0 radical (unpaired) electrons. The first-order valence-corrected chi connectivity index (χ1v) is 6.89. The number of hydrogen-bond acceptors (Lipinski definition) is 2. The number of nitrogens with one attached hydrogen (secondary N) is 1. The fourth-order valence-electron chi connectivity index (χ4n) is 2.39. The zero-order valence-corrected chi connectivity index (χ0v) is 12.7. The van der Waals surface area contributed by atoms with Crippen LogP contribution in [-0.4, -0.2) is 0 Å². The summed E-state index contributed by atoms with van der Waals surface area (Å²) in [6.45, 7) is 7.11. The third kappa shape index (κ3) is 3.12. The Balaban J connectivity index is 2.17. The van der Waals surface area contributed by atoms with Gasteiger partial charge in [0.2, 0.25) is 0 Å². The molecule has 1 N–H and O–H groups in total. The lowest BCUT2D eigenvalue weighted by Gasteiger charge is -2.13. The first-order valence-electron chi connectivity index (χ1n) is 6.51. The molecule has 0 fully saturated rings. The summed E-state index contributed by atoms with van der Waals surface area (Å²) in [5, 5.41) is 12.7. The van der Waals surface area contributed by atoms with E-state index in [1.165, 1.54) is 22.3 Å². The second kappa shape index (κ2) is 5.98. The molecule has 3 heteroatoms. The van der Waals surface area contributed by atoms with Crippen molar-refractivity contribution in [3.63, 3.8) is 0 Å². The van der Waals surface area contributed by atoms with Crippen LogP contribution in [0.1, 0.15) is 27.8 Å². The molecular weight excluding hydrogens is 268 g/mol. The predicted molar refractivity (Wildman–Crippen MR) is 84.1 cm³/mol. The Morgan fingerprint density at radius 1 is 1.10 bits per heavy atom. The molecule has 2 aromatic carbocycles. The molecule has 0 saturated carbocycles. The van der Waals surface area contributed by atoms with Gasteiger partial charge in [0.05, 0.1) is 10.6 Å². The largest absolute Gasteiger partial charge is 0.381 e. The number of hydrogen-bond donors (Lipinski definition) is 1. The SMILES string of the molecule is Cc1cc(C)c(CNc2ccc(C#N)c(Cl)c2)c(C)c1. The van der Waals surface area contributed by atoms with E-state index in [0.717, 1.165) is 12.2 Å². The molecule has 0 unspecified atom stereocenters. The molecule has 0 saturated heterocycles. The molecular formula is C17H17ClN2. The van der Waals surface area contributed by atoms with Gasteiger partial charge in [-0.3, -0.25) is 0 Å². The van der Waals surface area contributed by atoms with E-state index in [0.29, 0.717) is 10.6 Å². The van der Waals surface area contributed by atoms with Gasteiger partial charge in [0, 0.05) is 12.2 Å². The van der Waals surface area contributed by atoms with E-state index >= 15 is 0 Å². The van der Waals surface area contributed by atoms with E-state index in [1.54, 1.807) is 12.1 Å². The molecule has 20 heavy (non-hydrogen) atoms.